The Morgan fingerprint density at radius 2 is 1.48 bits per heavy atom. The van der Waals surface area contributed by atoms with Crippen LogP contribution < -0.4 is 4.74 Å². The number of allylic oxidation sites excluding steroid dienone is 2. The topological polar surface area (TPSA) is 9.23 Å². The summed E-state index contributed by atoms with van der Waals surface area (Å²) in [5, 5.41) is 0. The zero-order chi connectivity index (χ0) is 20.8. The van der Waals surface area contributed by atoms with E-state index >= 15 is 0 Å². The molecule has 0 aliphatic heterocycles. The van der Waals surface area contributed by atoms with Crippen LogP contribution in [0.25, 0.3) is 0 Å². The van der Waals surface area contributed by atoms with E-state index in [1.807, 2.05) is 0 Å². The molecular formula is C24H32F4O. The molecule has 0 amide bonds. The van der Waals surface area contributed by atoms with Crippen LogP contribution in [0, 0.1) is 29.4 Å². The predicted octanol–water partition coefficient (Wildman–Crippen LogP) is 8.00. The van der Waals surface area contributed by atoms with Crippen LogP contribution in [0.4, 0.5) is 17.6 Å². The van der Waals surface area contributed by atoms with Crippen LogP contribution in [-0.2, 0) is 0 Å². The average Bonchev–Trinajstić information content (AvgIpc) is 2.71. The van der Waals surface area contributed by atoms with E-state index in [-0.39, 0.29) is 5.92 Å². The van der Waals surface area contributed by atoms with Gasteiger partial charge in [-0.25, -0.2) is 8.78 Å². The summed E-state index contributed by atoms with van der Waals surface area (Å²) in [4.78, 5) is 0. The lowest BCUT2D eigenvalue weighted by molar-refractivity contribution is -0.0546. The van der Waals surface area contributed by atoms with Crippen molar-refractivity contribution in [1.82, 2.24) is 0 Å². The zero-order valence-corrected chi connectivity index (χ0v) is 17.2. The second-order valence-electron chi connectivity index (χ2n) is 8.70. The smallest absolute Gasteiger partial charge is 0.387 e. The summed E-state index contributed by atoms with van der Waals surface area (Å²) in [7, 11) is 0. The molecule has 1 nitrogen and oxygen atoms in total. The molecule has 0 radical (unpaired) electrons. The van der Waals surface area contributed by atoms with Crippen molar-refractivity contribution in [1.29, 1.82) is 0 Å². The van der Waals surface area contributed by atoms with Crippen molar-refractivity contribution in [2.45, 2.75) is 83.7 Å². The van der Waals surface area contributed by atoms with Gasteiger partial charge in [0.2, 0.25) is 0 Å². The highest BCUT2D eigenvalue weighted by Crippen LogP contribution is 2.44. The van der Waals surface area contributed by atoms with E-state index in [0.717, 1.165) is 37.5 Å². The van der Waals surface area contributed by atoms with E-state index in [9.17, 15) is 17.6 Å². The van der Waals surface area contributed by atoms with Gasteiger partial charge in [0.05, 0.1) is 0 Å². The second kappa shape index (κ2) is 10.5. The van der Waals surface area contributed by atoms with Crippen molar-refractivity contribution in [3.05, 3.63) is 41.5 Å². The summed E-state index contributed by atoms with van der Waals surface area (Å²) in [5.41, 5.74) is 0.560. The third-order valence-corrected chi connectivity index (χ3v) is 6.82. The SMILES string of the molecule is CCC/C=C/[C@H]1CC[C@H]([C@H]2CC[C@H](c3cc(F)c(OC(F)F)c(F)c3)CC2)CC1. The van der Waals surface area contributed by atoms with E-state index in [1.54, 1.807) is 0 Å². The molecule has 1 aromatic rings. The molecule has 0 aromatic heterocycles. The second-order valence-corrected chi connectivity index (χ2v) is 8.70. The Balaban J connectivity index is 1.51. The summed E-state index contributed by atoms with van der Waals surface area (Å²) in [6, 6.07) is 2.33. The molecule has 0 unspecified atom stereocenters. The van der Waals surface area contributed by atoms with Gasteiger partial charge < -0.3 is 4.74 Å². The minimum Gasteiger partial charge on any atom is -0.429 e. The first-order valence-electron chi connectivity index (χ1n) is 11.1. The molecule has 2 fully saturated rings. The van der Waals surface area contributed by atoms with Gasteiger partial charge in [0.1, 0.15) is 0 Å². The van der Waals surface area contributed by atoms with Gasteiger partial charge in [-0.05, 0) is 99.2 Å². The molecule has 2 saturated carbocycles. The molecule has 0 N–H and O–H groups in total. The average molecular weight is 413 g/mol. The van der Waals surface area contributed by atoms with E-state index in [4.69, 9.17) is 0 Å². The minimum absolute atomic E-state index is 0.0872. The highest BCUT2D eigenvalue weighted by molar-refractivity contribution is 5.33. The number of ether oxygens (including phenoxy) is 1. The molecular weight excluding hydrogens is 380 g/mol. The van der Waals surface area contributed by atoms with Crippen LogP contribution in [0.1, 0.15) is 82.6 Å². The fourth-order valence-electron chi connectivity index (χ4n) is 5.20. The van der Waals surface area contributed by atoms with Crippen molar-refractivity contribution < 1.29 is 22.3 Å². The largest absolute Gasteiger partial charge is 0.429 e. The minimum atomic E-state index is -3.24. The van der Waals surface area contributed by atoms with Gasteiger partial charge in [-0.2, -0.15) is 8.78 Å². The van der Waals surface area contributed by atoms with Gasteiger partial charge in [0, 0.05) is 0 Å². The van der Waals surface area contributed by atoms with E-state index < -0.39 is 24.0 Å². The fraction of sp³-hybridized carbons (Fsp3) is 0.667. The monoisotopic (exact) mass is 412 g/mol. The summed E-state index contributed by atoms with van der Waals surface area (Å²) in [5.74, 6) is -0.792. The first-order valence-corrected chi connectivity index (χ1v) is 11.1. The summed E-state index contributed by atoms with van der Waals surface area (Å²) in [6.45, 7) is -1.04. The van der Waals surface area contributed by atoms with Crippen LogP contribution >= 0.6 is 0 Å². The molecule has 3 rings (SSSR count). The Bertz CT molecular complexity index is 648. The number of halogens is 4. The van der Waals surface area contributed by atoms with Crippen LogP contribution in [0.3, 0.4) is 0 Å². The molecule has 0 bridgehead atoms. The molecule has 0 heterocycles. The molecule has 0 atom stereocenters. The van der Waals surface area contributed by atoms with Crippen LogP contribution in [0.5, 0.6) is 5.75 Å². The first kappa shape index (κ1) is 22.2. The number of benzene rings is 1. The summed E-state index contributed by atoms with van der Waals surface area (Å²) >= 11 is 0. The normalized spacial score (nSPS) is 28.2. The van der Waals surface area contributed by atoms with Crippen LogP contribution in [0.2, 0.25) is 0 Å². The van der Waals surface area contributed by atoms with Crippen LogP contribution in [-0.4, -0.2) is 6.61 Å². The van der Waals surface area contributed by atoms with E-state index in [0.29, 0.717) is 11.5 Å². The van der Waals surface area contributed by atoms with Gasteiger partial charge in [0.25, 0.3) is 0 Å². The van der Waals surface area contributed by atoms with Gasteiger partial charge >= 0.3 is 6.61 Å². The van der Waals surface area contributed by atoms with E-state index in [2.05, 4.69) is 23.8 Å². The number of rotatable bonds is 7. The first-order chi connectivity index (χ1) is 14.0. The van der Waals surface area contributed by atoms with Gasteiger partial charge in [-0.1, -0.05) is 25.5 Å². The Hall–Kier alpha value is -1.52. The van der Waals surface area contributed by atoms with Crippen molar-refractivity contribution in [3.63, 3.8) is 0 Å². The molecule has 0 spiro atoms. The molecule has 2 aliphatic rings. The van der Waals surface area contributed by atoms with Crippen molar-refractivity contribution in [2.75, 3.05) is 0 Å². The lowest BCUT2D eigenvalue weighted by atomic mass is 9.68. The number of hydrogen-bond acceptors (Lipinski definition) is 1. The molecule has 162 valence electrons. The lowest BCUT2D eigenvalue weighted by Gasteiger charge is -2.37. The quantitative estimate of drug-likeness (QED) is 0.326. The molecule has 1 aromatic carbocycles. The Labute approximate surface area is 171 Å². The number of hydrogen-bond donors (Lipinski definition) is 0. The molecule has 29 heavy (non-hydrogen) atoms. The maximum absolute atomic E-state index is 14.0. The highest BCUT2D eigenvalue weighted by atomic mass is 19.3. The number of unbranched alkanes of at least 4 members (excludes halogenated alkanes) is 1. The van der Waals surface area contributed by atoms with Gasteiger partial charge in [-0.3, -0.25) is 0 Å². The van der Waals surface area contributed by atoms with E-state index in [1.165, 1.54) is 50.7 Å². The molecule has 5 heteroatoms. The summed E-state index contributed by atoms with van der Waals surface area (Å²) in [6.07, 6.45) is 16.1. The van der Waals surface area contributed by atoms with Gasteiger partial charge in [-0.15, -0.1) is 0 Å². The predicted molar refractivity (Wildman–Crippen MR) is 107 cm³/mol. The fourth-order valence-corrected chi connectivity index (χ4v) is 5.20. The van der Waals surface area contributed by atoms with Crippen molar-refractivity contribution in [3.8, 4) is 5.75 Å². The maximum atomic E-state index is 14.0. The maximum Gasteiger partial charge on any atom is 0.387 e. The molecule has 0 saturated heterocycles. The summed E-state index contributed by atoms with van der Waals surface area (Å²) < 4.78 is 56.6. The Morgan fingerprint density at radius 1 is 0.931 bits per heavy atom. The zero-order valence-electron chi connectivity index (χ0n) is 17.2. The number of alkyl halides is 2. The highest BCUT2D eigenvalue weighted by Gasteiger charge is 2.31. The van der Waals surface area contributed by atoms with Crippen molar-refractivity contribution in [2.24, 2.45) is 17.8 Å². The third kappa shape index (κ3) is 5.99. The molecule has 2 aliphatic carbocycles. The van der Waals surface area contributed by atoms with Crippen molar-refractivity contribution >= 4 is 0 Å². The lowest BCUT2D eigenvalue weighted by Crippen LogP contribution is -2.25. The Kier molecular flexibility index (Phi) is 8.02. The third-order valence-electron chi connectivity index (χ3n) is 6.82. The van der Waals surface area contributed by atoms with Crippen LogP contribution in [0.15, 0.2) is 24.3 Å². The Morgan fingerprint density at radius 3 is 2.00 bits per heavy atom. The van der Waals surface area contributed by atoms with Gasteiger partial charge in [0.15, 0.2) is 17.4 Å². The standard InChI is InChI=1S/C24H32F4O/c1-2-3-4-5-16-6-8-17(9-7-16)18-10-12-19(13-11-18)20-14-21(25)23(22(26)15-20)29-24(27)28/h4-5,14-19,24H,2-3,6-13H2,1H3/b5-4+/t16-,17-,18-,19-.